The highest BCUT2D eigenvalue weighted by Crippen LogP contribution is 2.33. The summed E-state index contributed by atoms with van der Waals surface area (Å²) in [7, 11) is 0. The molecule has 1 saturated carbocycles. The third-order valence-electron chi connectivity index (χ3n) is 3.25. The first kappa shape index (κ1) is 12.1. The van der Waals surface area contributed by atoms with E-state index in [-0.39, 0.29) is 11.9 Å². The van der Waals surface area contributed by atoms with Crippen molar-refractivity contribution in [3.63, 3.8) is 0 Å². The van der Waals surface area contributed by atoms with Crippen LogP contribution in [0, 0.1) is 5.92 Å². The molecule has 17 heavy (non-hydrogen) atoms. The standard InChI is InChI=1S/C13H18O4/c1-2-16-13(15)12-7-6-11(17-12)9-4-3-5-10(14)8-9/h6,9,12H,2-5,7-8H2,1H3. The number of esters is 1. The molecule has 0 saturated heterocycles. The fraction of sp³-hybridized carbons (Fsp3) is 0.692. The lowest BCUT2D eigenvalue weighted by molar-refractivity contribution is -0.153. The van der Waals surface area contributed by atoms with Gasteiger partial charge in [-0.2, -0.15) is 0 Å². The molecule has 0 radical (unpaired) electrons. The first-order chi connectivity index (χ1) is 8.20. The summed E-state index contributed by atoms with van der Waals surface area (Å²) in [5, 5.41) is 0. The van der Waals surface area contributed by atoms with Gasteiger partial charge in [-0.25, -0.2) is 4.79 Å². The van der Waals surface area contributed by atoms with Crippen molar-refractivity contribution in [1.29, 1.82) is 0 Å². The molecular weight excluding hydrogens is 220 g/mol. The predicted molar refractivity (Wildman–Crippen MR) is 61.2 cm³/mol. The number of carbonyl (C=O) groups is 2. The van der Waals surface area contributed by atoms with Gasteiger partial charge in [0.1, 0.15) is 5.78 Å². The molecule has 2 unspecified atom stereocenters. The molecule has 1 aliphatic heterocycles. The molecule has 0 N–H and O–H groups in total. The topological polar surface area (TPSA) is 52.6 Å². The summed E-state index contributed by atoms with van der Waals surface area (Å²) in [6.45, 7) is 2.15. The molecule has 0 amide bonds. The lowest BCUT2D eigenvalue weighted by Crippen LogP contribution is -2.24. The molecule has 0 aromatic rings. The Morgan fingerprint density at radius 2 is 2.41 bits per heavy atom. The Bertz CT molecular complexity index is 345. The van der Waals surface area contributed by atoms with Crippen molar-refractivity contribution in [1.82, 2.24) is 0 Å². The summed E-state index contributed by atoms with van der Waals surface area (Å²) < 4.78 is 10.5. The molecule has 1 heterocycles. The van der Waals surface area contributed by atoms with Crippen LogP contribution in [0.2, 0.25) is 0 Å². The van der Waals surface area contributed by atoms with Crippen molar-refractivity contribution in [2.24, 2.45) is 5.92 Å². The monoisotopic (exact) mass is 238 g/mol. The maximum atomic E-state index is 11.5. The largest absolute Gasteiger partial charge is 0.483 e. The zero-order chi connectivity index (χ0) is 12.3. The maximum Gasteiger partial charge on any atom is 0.347 e. The number of allylic oxidation sites excluding steroid dienone is 1. The average molecular weight is 238 g/mol. The molecule has 0 spiro atoms. The van der Waals surface area contributed by atoms with E-state index in [2.05, 4.69) is 0 Å². The minimum absolute atomic E-state index is 0.177. The van der Waals surface area contributed by atoms with E-state index in [0.29, 0.717) is 31.7 Å². The summed E-state index contributed by atoms with van der Waals surface area (Å²) in [5.41, 5.74) is 0. The first-order valence-electron chi connectivity index (χ1n) is 6.25. The Kier molecular flexibility index (Phi) is 3.82. The van der Waals surface area contributed by atoms with E-state index in [4.69, 9.17) is 9.47 Å². The Balaban J connectivity index is 1.88. The van der Waals surface area contributed by atoms with Crippen molar-refractivity contribution in [2.45, 2.75) is 45.1 Å². The molecule has 0 aromatic carbocycles. The van der Waals surface area contributed by atoms with Crippen molar-refractivity contribution in [3.05, 3.63) is 11.8 Å². The molecular formula is C13H18O4. The van der Waals surface area contributed by atoms with Gasteiger partial charge in [0, 0.05) is 25.2 Å². The minimum Gasteiger partial charge on any atom is -0.483 e. The SMILES string of the molecule is CCOC(=O)C1CC=C(C2CCCC(=O)C2)O1. The van der Waals surface area contributed by atoms with Gasteiger partial charge in [-0.3, -0.25) is 4.79 Å². The number of ketones is 1. The van der Waals surface area contributed by atoms with Crippen LogP contribution in [0.15, 0.2) is 11.8 Å². The summed E-state index contributed by atoms with van der Waals surface area (Å²) in [4.78, 5) is 22.9. The Labute approximate surface area is 101 Å². The molecule has 4 nitrogen and oxygen atoms in total. The van der Waals surface area contributed by atoms with Crippen LogP contribution in [-0.2, 0) is 19.1 Å². The fourth-order valence-corrected chi connectivity index (χ4v) is 2.39. The quantitative estimate of drug-likeness (QED) is 0.705. The first-order valence-corrected chi connectivity index (χ1v) is 6.25. The van der Waals surface area contributed by atoms with Gasteiger partial charge in [-0.1, -0.05) is 0 Å². The second-order valence-electron chi connectivity index (χ2n) is 4.53. The molecule has 1 fully saturated rings. The van der Waals surface area contributed by atoms with Crippen LogP contribution in [0.4, 0.5) is 0 Å². The van der Waals surface area contributed by atoms with Crippen LogP contribution in [0.5, 0.6) is 0 Å². The normalized spacial score (nSPS) is 28.5. The van der Waals surface area contributed by atoms with Crippen molar-refractivity contribution >= 4 is 11.8 Å². The molecule has 0 bridgehead atoms. The lowest BCUT2D eigenvalue weighted by Gasteiger charge is -2.22. The summed E-state index contributed by atoms with van der Waals surface area (Å²) in [5.74, 6) is 0.984. The maximum absolute atomic E-state index is 11.5. The summed E-state index contributed by atoms with van der Waals surface area (Å²) in [6, 6.07) is 0. The molecule has 2 rings (SSSR count). The van der Waals surface area contributed by atoms with Crippen LogP contribution in [-0.4, -0.2) is 24.5 Å². The van der Waals surface area contributed by atoms with Gasteiger partial charge < -0.3 is 9.47 Å². The Morgan fingerprint density at radius 1 is 1.59 bits per heavy atom. The summed E-state index contributed by atoms with van der Waals surface area (Å²) in [6.07, 6.45) is 5.15. The highest BCUT2D eigenvalue weighted by Gasteiger charge is 2.32. The van der Waals surface area contributed by atoms with Gasteiger partial charge >= 0.3 is 5.97 Å². The highest BCUT2D eigenvalue weighted by molar-refractivity contribution is 5.80. The Hall–Kier alpha value is -1.32. The van der Waals surface area contributed by atoms with Gasteiger partial charge in [0.2, 0.25) is 0 Å². The number of hydrogen-bond acceptors (Lipinski definition) is 4. The third-order valence-corrected chi connectivity index (χ3v) is 3.25. The van der Waals surface area contributed by atoms with E-state index in [1.54, 1.807) is 6.92 Å². The zero-order valence-corrected chi connectivity index (χ0v) is 10.1. The average Bonchev–Trinajstić information content (AvgIpc) is 2.78. The predicted octanol–water partition coefficient (Wildman–Crippen LogP) is 1.98. The minimum atomic E-state index is -0.498. The number of hydrogen-bond donors (Lipinski definition) is 0. The van der Waals surface area contributed by atoms with E-state index in [0.717, 1.165) is 18.6 Å². The van der Waals surface area contributed by atoms with E-state index >= 15 is 0 Å². The number of Topliss-reactive ketones (excluding diaryl/α,β-unsaturated/α-hetero) is 1. The van der Waals surface area contributed by atoms with E-state index in [1.165, 1.54) is 0 Å². The van der Waals surface area contributed by atoms with Crippen LogP contribution in [0.3, 0.4) is 0 Å². The number of rotatable bonds is 3. The van der Waals surface area contributed by atoms with E-state index in [1.807, 2.05) is 6.08 Å². The van der Waals surface area contributed by atoms with Crippen LogP contribution in [0.1, 0.15) is 39.0 Å². The van der Waals surface area contributed by atoms with E-state index in [9.17, 15) is 9.59 Å². The lowest BCUT2D eigenvalue weighted by atomic mass is 9.87. The van der Waals surface area contributed by atoms with Crippen LogP contribution < -0.4 is 0 Å². The van der Waals surface area contributed by atoms with Crippen LogP contribution >= 0.6 is 0 Å². The smallest absolute Gasteiger partial charge is 0.347 e. The van der Waals surface area contributed by atoms with Crippen LogP contribution in [0.25, 0.3) is 0 Å². The Morgan fingerprint density at radius 3 is 3.12 bits per heavy atom. The number of ether oxygens (including phenoxy) is 2. The van der Waals surface area contributed by atoms with Gasteiger partial charge in [0.15, 0.2) is 6.10 Å². The molecule has 94 valence electrons. The van der Waals surface area contributed by atoms with Gasteiger partial charge in [-0.05, 0) is 25.8 Å². The van der Waals surface area contributed by atoms with Crippen molar-refractivity contribution in [2.75, 3.05) is 6.61 Å². The number of carbonyl (C=O) groups excluding carboxylic acids is 2. The highest BCUT2D eigenvalue weighted by atomic mass is 16.6. The molecule has 2 aliphatic rings. The molecule has 0 aromatic heterocycles. The van der Waals surface area contributed by atoms with Gasteiger partial charge in [-0.15, -0.1) is 0 Å². The van der Waals surface area contributed by atoms with Gasteiger partial charge in [0.05, 0.1) is 12.4 Å². The third kappa shape index (κ3) is 2.87. The summed E-state index contributed by atoms with van der Waals surface area (Å²) >= 11 is 0. The molecule has 1 aliphatic carbocycles. The van der Waals surface area contributed by atoms with Crippen molar-refractivity contribution in [3.8, 4) is 0 Å². The zero-order valence-electron chi connectivity index (χ0n) is 10.1. The molecule has 4 heteroatoms. The fourth-order valence-electron chi connectivity index (χ4n) is 2.39. The van der Waals surface area contributed by atoms with Crippen molar-refractivity contribution < 1.29 is 19.1 Å². The van der Waals surface area contributed by atoms with Gasteiger partial charge in [0.25, 0.3) is 0 Å². The second-order valence-corrected chi connectivity index (χ2v) is 4.53. The van der Waals surface area contributed by atoms with E-state index < -0.39 is 6.10 Å². The second kappa shape index (κ2) is 5.34. The molecule has 2 atom stereocenters.